The van der Waals surface area contributed by atoms with Crippen LogP contribution >= 0.6 is 11.6 Å². The Hall–Kier alpha value is -1.91. The van der Waals surface area contributed by atoms with E-state index in [9.17, 15) is 9.18 Å². The molecular formula is C21H24ClFN2O. The molecule has 1 fully saturated rings. The van der Waals surface area contributed by atoms with Gasteiger partial charge in [-0.3, -0.25) is 4.79 Å². The number of rotatable bonds is 7. The van der Waals surface area contributed by atoms with E-state index in [1.165, 1.54) is 12.1 Å². The summed E-state index contributed by atoms with van der Waals surface area (Å²) in [5, 5.41) is 0.728. The van der Waals surface area contributed by atoms with Gasteiger partial charge in [0.25, 0.3) is 0 Å². The summed E-state index contributed by atoms with van der Waals surface area (Å²) in [5.41, 5.74) is 2.00. The van der Waals surface area contributed by atoms with Gasteiger partial charge in [-0.15, -0.1) is 0 Å². The number of nitrogens with zero attached hydrogens (tertiary/aromatic N) is 2. The van der Waals surface area contributed by atoms with E-state index in [1.54, 1.807) is 12.1 Å². The van der Waals surface area contributed by atoms with Crippen LogP contribution in [0.25, 0.3) is 0 Å². The Morgan fingerprint density at radius 1 is 1.12 bits per heavy atom. The number of likely N-dealkylation sites (N-methyl/N-ethyl adjacent to an activating group) is 1. The highest BCUT2D eigenvalue weighted by Crippen LogP contribution is 2.50. The van der Waals surface area contributed by atoms with E-state index in [-0.39, 0.29) is 23.6 Å². The van der Waals surface area contributed by atoms with Crippen molar-refractivity contribution >= 4 is 17.5 Å². The molecule has 0 heterocycles. The zero-order valence-corrected chi connectivity index (χ0v) is 15.9. The molecule has 1 amide bonds. The number of hydrogen-bond acceptors (Lipinski definition) is 2. The van der Waals surface area contributed by atoms with Crippen LogP contribution in [0, 0.1) is 11.7 Å². The van der Waals surface area contributed by atoms with Crippen LogP contribution in [-0.2, 0) is 11.3 Å². The van der Waals surface area contributed by atoms with Crippen LogP contribution in [0.1, 0.15) is 23.5 Å². The van der Waals surface area contributed by atoms with Crippen molar-refractivity contribution in [2.45, 2.75) is 18.9 Å². The number of amides is 1. The Labute approximate surface area is 159 Å². The van der Waals surface area contributed by atoms with E-state index in [0.717, 1.165) is 29.1 Å². The average Bonchev–Trinajstić information content (AvgIpc) is 3.40. The molecule has 5 heteroatoms. The monoisotopic (exact) mass is 374 g/mol. The molecule has 1 saturated carbocycles. The first kappa shape index (κ1) is 18.9. The fraction of sp³-hybridized carbons (Fsp3) is 0.381. The SMILES string of the molecule is CN(C)CCN(Cc1ccc(F)cc1)C(=O)C1CC1c1ccccc1Cl. The first-order valence-corrected chi connectivity index (χ1v) is 9.26. The van der Waals surface area contributed by atoms with Gasteiger partial charge in [-0.2, -0.15) is 0 Å². The van der Waals surface area contributed by atoms with E-state index < -0.39 is 0 Å². The van der Waals surface area contributed by atoms with Crippen molar-refractivity contribution in [2.75, 3.05) is 27.2 Å². The number of halogens is 2. The highest BCUT2D eigenvalue weighted by Gasteiger charge is 2.46. The summed E-state index contributed by atoms with van der Waals surface area (Å²) in [7, 11) is 3.98. The van der Waals surface area contributed by atoms with E-state index in [4.69, 9.17) is 11.6 Å². The Morgan fingerprint density at radius 3 is 2.46 bits per heavy atom. The normalized spacial score (nSPS) is 18.8. The zero-order valence-electron chi connectivity index (χ0n) is 15.2. The largest absolute Gasteiger partial charge is 0.337 e. The van der Waals surface area contributed by atoms with Crippen LogP contribution in [0.3, 0.4) is 0 Å². The van der Waals surface area contributed by atoms with Crippen molar-refractivity contribution < 1.29 is 9.18 Å². The summed E-state index contributed by atoms with van der Waals surface area (Å²) >= 11 is 6.29. The molecule has 0 saturated heterocycles. The average molecular weight is 375 g/mol. The summed E-state index contributed by atoms with van der Waals surface area (Å²) < 4.78 is 13.2. The molecule has 1 aliphatic carbocycles. The first-order valence-electron chi connectivity index (χ1n) is 8.88. The Bertz CT molecular complexity index is 763. The highest BCUT2D eigenvalue weighted by atomic mass is 35.5. The number of benzene rings is 2. The molecule has 3 nitrogen and oxygen atoms in total. The fourth-order valence-corrected chi connectivity index (χ4v) is 3.50. The molecule has 0 spiro atoms. The van der Waals surface area contributed by atoms with Gasteiger partial charge in [-0.25, -0.2) is 4.39 Å². The Morgan fingerprint density at radius 2 is 1.81 bits per heavy atom. The minimum atomic E-state index is -0.263. The standard InChI is InChI=1S/C21H24ClFN2O/c1-24(2)11-12-25(14-15-7-9-16(23)10-8-15)21(26)19-13-18(19)17-5-3-4-6-20(17)22/h3-10,18-19H,11-14H2,1-2H3. The highest BCUT2D eigenvalue weighted by molar-refractivity contribution is 6.31. The van der Waals surface area contributed by atoms with Crippen LogP contribution in [0.4, 0.5) is 4.39 Å². The second-order valence-electron chi connectivity index (χ2n) is 7.16. The fourth-order valence-electron chi connectivity index (χ4n) is 3.22. The van der Waals surface area contributed by atoms with Crippen molar-refractivity contribution in [3.8, 4) is 0 Å². The second-order valence-corrected chi connectivity index (χ2v) is 7.57. The van der Waals surface area contributed by atoms with Crippen LogP contribution in [-0.4, -0.2) is 42.9 Å². The summed E-state index contributed by atoms with van der Waals surface area (Å²) in [5.74, 6) is 0.0748. The van der Waals surface area contributed by atoms with Crippen LogP contribution in [0.15, 0.2) is 48.5 Å². The number of hydrogen-bond donors (Lipinski definition) is 0. The van der Waals surface area contributed by atoms with Crippen LogP contribution < -0.4 is 0 Å². The lowest BCUT2D eigenvalue weighted by Crippen LogP contribution is -2.37. The topological polar surface area (TPSA) is 23.6 Å². The summed E-state index contributed by atoms with van der Waals surface area (Å²) in [6, 6.07) is 14.1. The van der Waals surface area contributed by atoms with Gasteiger partial charge in [-0.05, 0) is 55.8 Å². The van der Waals surface area contributed by atoms with Gasteiger partial charge in [0.1, 0.15) is 5.82 Å². The van der Waals surface area contributed by atoms with Gasteiger partial charge in [0.05, 0.1) is 0 Å². The lowest BCUT2D eigenvalue weighted by Gasteiger charge is -2.25. The molecule has 2 unspecified atom stereocenters. The molecule has 2 aromatic rings. The number of carbonyl (C=O) groups is 1. The minimum absolute atomic E-state index is 0.0162. The Balaban J connectivity index is 1.71. The third-order valence-electron chi connectivity index (χ3n) is 4.83. The minimum Gasteiger partial charge on any atom is -0.337 e. The molecule has 138 valence electrons. The predicted octanol–water partition coefficient (Wildman–Crippen LogP) is 4.17. The van der Waals surface area contributed by atoms with Gasteiger partial charge < -0.3 is 9.80 Å². The lowest BCUT2D eigenvalue weighted by molar-refractivity contribution is -0.133. The molecule has 2 atom stereocenters. The van der Waals surface area contributed by atoms with E-state index >= 15 is 0 Å². The van der Waals surface area contributed by atoms with Crippen molar-refractivity contribution in [1.82, 2.24) is 9.80 Å². The number of carbonyl (C=O) groups excluding carboxylic acids is 1. The molecule has 0 N–H and O–H groups in total. The molecule has 0 aliphatic heterocycles. The van der Waals surface area contributed by atoms with Crippen LogP contribution in [0.5, 0.6) is 0 Å². The van der Waals surface area contributed by atoms with E-state index in [1.807, 2.05) is 43.3 Å². The maximum absolute atomic E-state index is 13.2. The molecule has 0 radical (unpaired) electrons. The molecule has 1 aliphatic rings. The lowest BCUT2D eigenvalue weighted by atomic mass is 10.1. The third-order valence-corrected chi connectivity index (χ3v) is 5.17. The van der Waals surface area contributed by atoms with E-state index in [0.29, 0.717) is 13.1 Å². The molecule has 2 aromatic carbocycles. The molecule has 0 aromatic heterocycles. The van der Waals surface area contributed by atoms with Gasteiger partial charge in [0.15, 0.2) is 0 Å². The molecule has 26 heavy (non-hydrogen) atoms. The maximum atomic E-state index is 13.2. The van der Waals surface area contributed by atoms with Gasteiger partial charge in [-0.1, -0.05) is 41.9 Å². The van der Waals surface area contributed by atoms with Gasteiger partial charge in [0.2, 0.25) is 5.91 Å². The first-order chi connectivity index (χ1) is 12.5. The summed E-state index contributed by atoms with van der Waals surface area (Å²) in [6.45, 7) is 1.93. The Kier molecular flexibility index (Phi) is 5.94. The second kappa shape index (κ2) is 8.19. The van der Waals surface area contributed by atoms with E-state index in [2.05, 4.69) is 4.90 Å². The molecular weight excluding hydrogens is 351 g/mol. The smallest absolute Gasteiger partial charge is 0.226 e. The van der Waals surface area contributed by atoms with Crippen molar-refractivity contribution in [3.05, 3.63) is 70.5 Å². The maximum Gasteiger partial charge on any atom is 0.226 e. The summed E-state index contributed by atoms with van der Waals surface area (Å²) in [6.07, 6.45) is 0.838. The van der Waals surface area contributed by atoms with Crippen molar-refractivity contribution in [3.63, 3.8) is 0 Å². The zero-order chi connectivity index (χ0) is 18.7. The molecule has 0 bridgehead atoms. The van der Waals surface area contributed by atoms with Crippen molar-refractivity contribution in [1.29, 1.82) is 0 Å². The summed E-state index contributed by atoms with van der Waals surface area (Å²) in [4.78, 5) is 17.0. The van der Waals surface area contributed by atoms with Crippen LogP contribution in [0.2, 0.25) is 5.02 Å². The molecule has 3 rings (SSSR count). The third kappa shape index (κ3) is 4.63. The quantitative estimate of drug-likeness (QED) is 0.726. The van der Waals surface area contributed by atoms with Gasteiger partial charge >= 0.3 is 0 Å². The van der Waals surface area contributed by atoms with Crippen molar-refractivity contribution in [2.24, 2.45) is 5.92 Å². The predicted molar refractivity (Wildman–Crippen MR) is 103 cm³/mol. The van der Waals surface area contributed by atoms with Gasteiger partial charge in [0, 0.05) is 30.6 Å².